The van der Waals surface area contributed by atoms with Gasteiger partial charge in [0, 0.05) is 39.0 Å². The highest BCUT2D eigenvalue weighted by Crippen LogP contribution is 2.08. The van der Waals surface area contributed by atoms with E-state index >= 15 is 0 Å². The average Bonchev–Trinajstić information content (AvgIpc) is 2.80. The second kappa shape index (κ2) is 9.77. The van der Waals surface area contributed by atoms with E-state index in [0.717, 1.165) is 64.0 Å². The SMILES string of the molecule is CCOCCCNc1nc(C)cn1CCN(CC)CC. The van der Waals surface area contributed by atoms with Crippen molar-refractivity contribution in [1.29, 1.82) is 0 Å². The molecule has 0 unspecified atom stereocenters. The van der Waals surface area contributed by atoms with Crippen molar-refractivity contribution >= 4 is 5.95 Å². The number of likely N-dealkylation sites (N-methyl/N-ethyl adjacent to an activating group) is 1. The third-order valence-electron chi connectivity index (χ3n) is 3.40. The van der Waals surface area contributed by atoms with Gasteiger partial charge >= 0.3 is 0 Å². The second-order valence-corrected chi connectivity index (χ2v) is 4.90. The highest BCUT2D eigenvalue weighted by atomic mass is 16.5. The molecule has 0 fully saturated rings. The van der Waals surface area contributed by atoms with Crippen LogP contribution in [-0.2, 0) is 11.3 Å². The zero-order valence-electron chi connectivity index (χ0n) is 13.5. The number of ether oxygens (including phenoxy) is 1. The van der Waals surface area contributed by atoms with Gasteiger partial charge in [-0.3, -0.25) is 0 Å². The maximum atomic E-state index is 5.34. The topological polar surface area (TPSA) is 42.3 Å². The molecule has 0 aliphatic rings. The summed E-state index contributed by atoms with van der Waals surface area (Å²) >= 11 is 0. The lowest BCUT2D eigenvalue weighted by molar-refractivity contribution is 0.147. The van der Waals surface area contributed by atoms with Gasteiger partial charge in [0.05, 0.1) is 5.69 Å². The molecule has 0 spiro atoms. The van der Waals surface area contributed by atoms with E-state index in [1.165, 1.54) is 0 Å². The minimum atomic E-state index is 0.789. The molecule has 1 aromatic heterocycles. The first-order valence-electron chi connectivity index (χ1n) is 7.78. The predicted molar refractivity (Wildman–Crippen MR) is 84.4 cm³/mol. The van der Waals surface area contributed by atoms with Crippen LogP contribution < -0.4 is 5.32 Å². The Morgan fingerprint density at radius 3 is 2.70 bits per heavy atom. The molecule has 0 saturated carbocycles. The van der Waals surface area contributed by atoms with Gasteiger partial charge < -0.3 is 19.5 Å². The van der Waals surface area contributed by atoms with Crippen LogP contribution in [0.25, 0.3) is 0 Å². The van der Waals surface area contributed by atoms with Crippen LogP contribution in [0, 0.1) is 6.92 Å². The standard InChI is InChI=1S/C15H30N4O/c1-5-18(6-2)10-11-19-13-14(4)17-15(19)16-9-8-12-20-7-3/h13H,5-12H2,1-4H3,(H,16,17). The monoisotopic (exact) mass is 282 g/mol. The van der Waals surface area contributed by atoms with Gasteiger partial charge in [-0.1, -0.05) is 13.8 Å². The van der Waals surface area contributed by atoms with Gasteiger partial charge in [-0.05, 0) is 33.4 Å². The summed E-state index contributed by atoms with van der Waals surface area (Å²) in [6, 6.07) is 0. The highest BCUT2D eigenvalue weighted by Gasteiger charge is 2.06. The van der Waals surface area contributed by atoms with Crippen molar-refractivity contribution < 1.29 is 4.74 Å². The van der Waals surface area contributed by atoms with Crippen LogP contribution in [0.3, 0.4) is 0 Å². The Morgan fingerprint density at radius 1 is 1.30 bits per heavy atom. The van der Waals surface area contributed by atoms with Gasteiger partial charge in [0.15, 0.2) is 0 Å². The number of nitrogens with one attached hydrogen (secondary N) is 1. The lowest BCUT2D eigenvalue weighted by atomic mass is 10.4. The number of hydrogen-bond acceptors (Lipinski definition) is 4. The summed E-state index contributed by atoms with van der Waals surface area (Å²) in [4.78, 5) is 6.98. The molecule has 0 bridgehead atoms. The van der Waals surface area contributed by atoms with Crippen molar-refractivity contribution in [1.82, 2.24) is 14.5 Å². The number of aryl methyl sites for hydroxylation is 1. The first-order valence-corrected chi connectivity index (χ1v) is 7.78. The first kappa shape index (κ1) is 17.0. The molecule has 0 radical (unpaired) electrons. The number of rotatable bonds is 11. The summed E-state index contributed by atoms with van der Waals surface area (Å²) in [6.45, 7) is 15.2. The minimum Gasteiger partial charge on any atom is -0.382 e. The van der Waals surface area contributed by atoms with E-state index in [-0.39, 0.29) is 0 Å². The molecule has 20 heavy (non-hydrogen) atoms. The van der Waals surface area contributed by atoms with Gasteiger partial charge in [0.1, 0.15) is 0 Å². The molecule has 0 amide bonds. The third-order valence-corrected chi connectivity index (χ3v) is 3.40. The van der Waals surface area contributed by atoms with E-state index < -0.39 is 0 Å². The predicted octanol–water partition coefficient (Wildman–Crippen LogP) is 2.37. The van der Waals surface area contributed by atoms with Gasteiger partial charge in [0.2, 0.25) is 5.95 Å². The lowest BCUT2D eigenvalue weighted by Crippen LogP contribution is -2.27. The molecule has 0 aliphatic heterocycles. The summed E-state index contributed by atoms with van der Waals surface area (Å²) < 4.78 is 7.56. The van der Waals surface area contributed by atoms with Crippen LogP contribution in [-0.4, -0.2) is 53.8 Å². The molecule has 0 saturated heterocycles. The Balaban J connectivity index is 2.42. The molecule has 0 aromatic carbocycles. The van der Waals surface area contributed by atoms with Crippen LogP contribution in [0.1, 0.15) is 32.9 Å². The molecule has 1 heterocycles. The van der Waals surface area contributed by atoms with Crippen molar-refractivity contribution in [2.45, 2.75) is 40.7 Å². The minimum absolute atomic E-state index is 0.789. The Morgan fingerprint density at radius 2 is 2.05 bits per heavy atom. The van der Waals surface area contributed by atoms with Crippen molar-refractivity contribution in [3.05, 3.63) is 11.9 Å². The summed E-state index contributed by atoms with van der Waals surface area (Å²) in [7, 11) is 0. The molecule has 1 rings (SSSR count). The van der Waals surface area contributed by atoms with Gasteiger partial charge in [-0.15, -0.1) is 0 Å². The largest absolute Gasteiger partial charge is 0.382 e. The zero-order valence-corrected chi connectivity index (χ0v) is 13.5. The first-order chi connectivity index (χ1) is 9.71. The maximum Gasteiger partial charge on any atom is 0.203 e. The third kappa shape index (κ3) is 5.92. The van der Waals surface area contributed by atoms with Crippen molar-refractivity contribution in [3.8, 4) is 0 Å². The van der Waals surface area contributed by atoms with Crippen LogP contribution in [0.4, 0.5) is 5.95 Å². The van der Waals surface area contributed by atoms with E-state index in [2.05, 4.69) is 39.8 Å². The molecule has 0 aliphatic carbocycles. The Kier molecular flexibility index (Phi) is 8.30. The van der Waals surface area contributed by atoms with E-state index in [1.54, 1.807) is 0 Å². The van der Waals surface area contributed by atoms with E-state index in [4.69, 9.17) is 4.74 Å². The quantitative estimate of drug-likeness (QED) is 0.633. The highest BCUT2D eigenvalue weighted by molar-refractivity contribution is 5.28. The van der Waals surface area contributed by atoms with Crippen LogP contribution >= 0.6 is 0 Å². The normalized spacial score (nSPS) is 11.2. The molecular formula is C15H30N4O. The molecule has 1 N–H and O–H groups in total. The molecular weight excluding hydrogens is 252 g/mol. The molecule has 5 nitrogen and oxygen atoms in total. The maximum absolute atomic E-state index is 5.34. The molecule has 116 valence electrons. The van der Waals surface area contributed by atoms with E-state index in [1.807, 2.05) is 13.8 Å². The summed E-state index contributed by atoms with van der Waals surface area (Å²) in [5.41, 5.74) is 1.07. The van der Waals surface area contributed by atoms with Crippen LogP contribution in [0.15, 0.2) is 6.20 Å². The number of anilines is 1. The van der Waals surface area contributed by atoms with Crippen molar-refractivity contribution in [2.24, 2.45) is 0 Å². The number of nitrogens with zero attached hydrogens (tertiary/aromatic N) is 3. The Bertz CT molecular complexity index is 361. The van der Waals surface area contributed by atoms with Crippen molar-refractivity contribution in [3.63, 3.8) is 0 Å². The second-order valence-electron chi connectivity index (χ2n) is 4.90. The van der Waals surface area contributed by atoms with Crippen LogP contribution in [0.2, 0.25) is 0 Å². The summed E-state index contributed by atoms with van der Waals surface area (Å²) in [5.74, 6) is 0.978. The van der Waals surface area contributed by atoms with Crippen LogP contribution in [0.5, 0.6) is 0 Å². The molecule has 0 atom stereocenters. The van der Waals surface area contributed by atoms with Crippen molar-refractivity contribution in [2.75, 3.05) is 44.7 Å². The van der Waals surface area contributed by atoms with Gasteiger partial charge in [-0.2, -0.15) is 0 Å². The Labute approximate surface area is 123 Å². The van der Waals surface area contributed by atoms with E-state index in [0.29, 0.717) is 0 Å². The summed E-state index contributed by atoms with van der Waals surface area (Å²) in [6.07, 6.45) is 3.13. The fourth-order valence-electron chi connectivity index (χ4n) is 2.17. The van der Waals surface area contributed by atoms with Gasteiger partial charge in [0.25, 0.3) is 0 Å². The smallest absolute Gasteiger partial charge is 0.203 e. The molecule has 1 aromatic rings. The number of hydrogen-bond donors (Lipinski definition) is 1. The lowest BCUT2D eigenvalue weighted by Gasteiger charge is -2.19. The summed E-state index contributed by atoms with van der Waals surface area (Å²) in [5, 5.41) is 3.41. The number of imidazole rings is 1. The number of aromatic nitrogens is 2. The average molecular weight is 282 g/mol. The Hall–Kier alpha value is -1.07. The fourth-order valence-corrected chi connectivity index (χ4v) is 2.17. The fraction of sp³-hybridized carbons (Fsp3) is 0.800. The zero-order chi connectivity index (χ0) is 14.8. The van der Waals surface area contributed by atoms with E-state index in [9.17, 15) is 0 Å². The van der Waals surface area contributed by atoms with Gasteiger partial charge in [-0.25, -0.2) is 4.98 Å². The molecule has 5 heteroatoms.